The van der Waals surface area contributed by atoms with Gasteiger partial charge in [-0.2, -0.15) is 0 Å². The quantitative estimate of drug-likeness (QED) is 0.527. The number of carbonyl (C=O) groups is 4. The van der Waals surface area contributed by atoms with E-state index in [4.69, 9.17) is 5.73 Å². The molecule has 2 saturated heterocycles. The molecule has 4 atom stereocenters. The van der Waals surface area contributed by atoms with E-state index < -0.39 is 36.0 Å². The average Bonchev–Trinajstić information content (AvgIpc) is 3.46. The second-order valence-electron chi connectivity index (χ2n) is 9.24. The first-order valence-corrected chi connectivity index (χ1v) is 11.6. The van der Waals surface area contributed by atoms with Crippen LogP contribution >= 0.6 is 0 Å². The standard InChI is InChI=1S/C24H34N4O5/c1-15(2)20(23(31)28-13-7-11-19(28)24(32)33)26-21(29)18-10-6-12-27(18)22(30)17(25)14-16-8-4-3-5-9-16/h3-5,8-9,15,17-20H,6-7,10-14,25H2,1-2H3,(H,26,29)(H,32,33). The van der Waals surface area contributed by atoms with Gasteiger partial charge in [0.15, 0.2) is 0 Å². The van der Waals surface area contributed by atoms with Gasteiger partial charge in [0.1, 0.15) is 18.1 Å². The molecule has 0 aliphatic carbocycles. The summed E-state index contributed by atoms with van der Waals surface area (Å²) in [5.74, 6) is -2.34. The van der Waals surface area contributed by atoms with Crippen molar-refractivity contribution in [1.29, 1.82) is 0 Å². The number of aliphatic carboxylic acids is 1. The van der Waals surface area contributed by atoms with E-state index in [-0.39, 0.29) is 17.7 Å². The van der Waals surface area contributed by atoms with Crippen LogP contribution in [0.5, 0.6) is 0 Å². The van der Waals surface area contributed by atoms with Crippen molar-refractivity contribution in [1.82, 2.24) is 15.1 Å². The van der Waals surface area contributed by atoms with E-state index in [0.29, 0.717) is 45.2 Å². The van der Waals surface area contributed by atoms with Crippen LogP contribution in [-0.2, 0) is 25.6 Å². The zero-order valence-electron chi connectivity index (χ0n) is 19.3. The lowest BCUT2D eigenvalue weighted by Gasteiger charge is -2.32. The van der Waals surface area contributed by atoms with Crippen LogP contribution in [0.25, 0.3) is 0 Å². The van der Waals surface area contributed by atoms with E-state index >= 15 is 0 Å². The van der Waals surface area contributed by atoms with Gasteiger partial charge in [0, 0.05) is 13.1 Å². The molecule has 3 amide bonds. The molecule has 4 unspecified atom stereocenters. The minimum absolute atomic E-state index is 0.234. The first-order valence-electron chi connectivity index (χ1n) is 11.6. The number of benzene rings is 1. The Morgan fingerprint density at radius 1 is 1.00 bits per heavy atom. The van der Waals surface area contributed by atoms with Crippen LogP contribution in [0.2, 0.25) is 0 Å². The van der Waals surface area contributed by atoms with Gasteiger partial charge < -0.3 is 26.0 Å². The van der Waals surface area contributed by atoms with Crippen LogP contribution < -0.4 is 11.1 Å². The van der Waals surface area contributed by atoms with E-state index in [1.165, 1.54) is 9.80 Å². The summed E-state index contributed by atoms with van der Waals surface area (Å²) in [5.41, 5.74) is 7.12. The van der Waals surface area contributed by atoms with Gasteiger partial charge >= 0.3 is 5.97 Å². The fraction of sp³-hybridized carbons (Fsp3) is 0.583. The second-order valence-corrected chi connectivity index (χ2v) is 9.24. The van der Waals surface area contributed by atoms with Gasteiger partial charge in [0.2, 0.25) is 17.7 Å². The summed E-state index contributed by atoms with van der Waals surface area (Å²) in [5, 5.41) is 12.2. The number of likely N-dealkylation sites (tertiary alicyclic amines) is 2. The molecule has 1 aromatic carbocycles. The Balaban J connectivity index is 1.67. The smallest absolute Gasteiger partial charge is 0.326 e. The number of carboxylic acids is 1. The number of amides is 3. The highest BCUT2D eigenvalue weighted by Gasteiger charge is 2.41. The van der Waals surface area contributed by atoms with Gasteiger partial charge in [-0.1, -0.05) is 44.2 Å². The number of nitrogens with zero attached hydrogens (tertiary/aromatic N) is 2. The highest BCUT2D eigenvalue weighted by Crippen LogP contribution is 2.22. The first kappa shape index (κ1) is 24.7. The maximum absolute atomic E-state index is 13.2. The SMILES string of the molecule is CC(C)C(NC(=O)C1CCCN1C(=O)C(N)Cc1ccccc1)C(=O)N1CCCC1C(=O)O. The van der Waals surface area contributed by atoms with Crippen molar-refractivity contribution in [2.45, 2.75) is 70.1 Å². The van der Waals surface area contributed by atoms with Gasteiger partial charge in [0.05, 0.1) is 6.04 Å². The lowest BCUT2D eigenvalue weighted by atomic mass is 10.0. The van der Waals surface area contributed by atoms with Crippen LogP contribution in [-0.4, -0.2) is 75.9 Å². The topological polar surface area (TPSA) is 133 Å². The Morgan fingerprint density at radius 2 is 1.58 bits per heavy atom. The van der Waals surface area contributed by atoms with Crippen molar-refractivity contribution in [3.8, 4) is 0 Å². The van der Waals surface area contributed by atoms with Gasteiger partial charge in [-0.3, -0.25) is 14.4 Å². The third-order valence-corrected chi connectivity index (χ3v) is 6.51. The highest BCUT2D eigenvalue weighted by atomic mass is 16.4. The monoisotopic (exact) mass is 458 g/mol. The average molecular weight is 459 g/mol. The number of carbonyl (C=O) groups excluding carboxylic acids is 3. The molecule has 4 N–H and O–H groups in total. The number of carboxylic acid groups (broad SMARTS) is 1. The van der Waals surface area contributed by atoms with Crippen LogP contribution in [0.4, 0.5) is 0 Å². The summed E-state index contributed by atoms with van der Waals surface area (Å²) in [6, 6.07) is 6.31. The minimum Gasteiger partial charge on any atom is -0.480 e. The maximum atomic E-state index is 13.2. The van der Waals surface area contributed by atoms with Crippen LogP contribution in [0.3, 0.4) is 0 Å². The fourth-order valence-corrected chi connectivity index (χ4v) is 4.70. The van der Waals surface area contributed by atoms with Crippen LogP contribution in [0, 0.1) is 5.92 Å². The third kappa shape index (κ3) is 5.71. The molecule has 9 heteroatoms. The Morgan fingerprint density at radius 3 is 2.15 bits per heavy atom. The molecule has 9 nitrogen and oxygen atoms in total. The number of rotatable bonds is 8. The van der Waals surface area contributed by atoms with Crippen molar-refractivity contribution < 1.29 is 24.3 Å². The van der Waals surface area contributed by atoms with Crippen molar-refractivity contribution in [2.24, 2.45) is 11.7 Å². The summed E-state index contributed by atoms with van der Waals surface area (Å²) >= 11 is 0. The van der Waals surface area contributed by atoms with Gasteiger partial charge in [-0.25, -0.2) is 4.79 Å². The molecule has 2 aliphatic heterocycles. The zero-order valence-corrected chi connectivity index (χ0v) is 19.3. The summed E-state index contributed by atoms with van der Waals surface area (Å²) < 4.78 is 0. The van der Waals surface area contributed by atoms with Crippen molar-refractivity contribution in [3.05, 3.63) is 35.9 Å². The molecular formula is C24H34N4O5. The van der Waals surface area contributed by atoms with E-state index in [1.54, 1.807) is 0 Å². The second kappa shape index (κ2) is 10.8. The molecular weight excluding hydrogens is 424 g/mol. The molecule has 33 heavy (non-hydrogen) atoms. The number of nitrogens with two attached hydrogens (primary N) is 1. The van der Waals surface area contributed by atoms with E-state index in [2.05, 4.69) is 5.32 Å². The van der Waals surface area contributed by atoms with E-state index in [1.807, 2.05) is 44.2 Å². The van der Waals surface area contributed by atoms with Crippen molar-refractivity contribution in [3.63, 3.8) is 0 Å². The molecule has 0 saturated carbocycles. The fourth-order valence-electron chi connectivity index (χ4n) is 4.70. The lowest BCUT2D eigenvalue weighted by Crippen LogP contribution is -2.58. The highest BCUT2D eigenvalue weighted by molar-refractivity contribution is 5.94. The predicted molar refractivity (Wildman–Crippen MR) is 122 cm³/mol. The number of hydrogen-bond acceptors (Lipinski definition) is 5. The lowest BCUT2D eigenvalue weighted by molar-refractivity contribution is -0.150. The molecule has 2 aliphatic rings. The minimum atomic E-state index is -1.03. The maximum Gasteiger partial charge on any atom is 0.326 e. The third-order valence-electron chi connectivity index (χ3n) is 6.51. The Kier molecular flexibility index (Phi) is 8.07. The summed E-state index contributed by atoms with van der Waals surface area (Å²) in [7, 11) is 0. The van der Waals surface area contributed by atoms with Gasteiger partial charge in [-0.15, -0.1) is 0 Å². The Bertz CT molecular complexity index is 875. The molecule has 0 aromatic heterocycles. The zero-order chi connectivity index (χ0) is 24.1. The molecule has 0 spiro atoms. The summed E-state index contributed by atoms with van der Waals surface area (Å²) in [6.45, 7) is 4.41. The Hall–Kier alpha value is -2.94. The molecule has 0 bridgehead atoms. The molecule has 2 fully saturated rings. The van der Waals surface area contributed by atoms with Crippen LogP contribution in [0.15, 0.2) is 30.3 Å². The normalized spacial score (nSPS) is 22.3. The first-order chi connectivity index (χ1) is 15.7. The molecule has 180 valence electrons. The van der Waals surface area contributed by atoms with E-state index in [0.717, 1.165) is 5.56 Å². The van der Waals surface area contributed by atoms with Crippen LogP contribution in [0.1, 0.15) is 45.1 Å². The largest absolute Gasteiger partial charge is 0.480 e. The van der Waals surface area contributed by atoms with Gasteiger partial charge in [-0.05, 0) is 43.6 Å². The predicted octanol–water partition coefficient (Wildman–Crippen LogP) is 0.764. The Labute approximate surface area is 194 Å². The number of hydrogen-bond donors (Lipinski definition) is 3. The van der Waals surface area contributed by atoms with Gasteiger partial charge in [0.25, 0.3) is 0 Å². The number of nitrogens with one attached hydrogen (secondary N) is 1. The molecule has 1 aromatic rings. The molecule has 3 rings (SSSR count). The summed E-state index contributed by atoms with van der Waals surface area (Å²) in [6.07, 6.45) is 2.57. The van der Waals surface area contributed by atoms with E-state index in [9.17, 15) is 24.3 Å². The van der Waals surface area contributed by atoms with Crippen molar-refractivity contribution in [2.75, 3.05) is 13.1 Å². The molecule has 2 heterocycles. The summed E-state index contributed by atoms with van der Waals surface area (Å²) in [4.78, 5) is 53.7. The molecule has 0 radical (unpaired) electrons. The van der Waals surface area contributed by atoms with Crippen molar-refractivity contribution >= 4 is 23.7 Å².